The van der Waals surface area contributed by atoms with Crippen molar-refractivity contribution in [2.45, 2.75) is 19.4 Å². The minimum atomic E-state index is 0.370. The van der Waals surface area contributed by atoms with Gasteiger partial charge in [-0.3, -0.25) is 0 Å². The Labute approximate surface area is 135 Å². The summed E-state index contributed by atoms with van der Waals surface area (Å²) >= 11 is 1.74. The van der Waals surface area contributed by atoms with E-state index in [0.717, 1.165) is 18.7 Å². The lowest BCUT2D eigenvalue weighted by atomic mass is 10.1. The van der Waals surface area contributed by atoms with Gasteiger partial charge in [0.15, 0.2) is 0 Å². The van der Waals surface area contributed by atoms with Crippen molar-refractivity contribution in [3.8, 4) is 11.3 Å². The van der Waals surface area contributed by atoms with Crippen LogP contribution < -0.4 is 5.32 Å². The molecule has 1 heterocycles. The normalized spacial score (nSPS) is 12.2. The first kappa shape index (κ1) is 14.9. The van der Waals surface area contributed by atoms with Crippen molar-refractivity contribution in [2.75, 3.05) is 6.54 Å². The number of nitrogens with one attached hydrogen (secondary N) is 1. The Morgan fingerprint density at radius 2 is 1.68 bits per heavy atom. The first-order valence-corrected chi connectivity index (χ1v) is 8.49. The monoisotopic (exact) mass is 308 g/mol. The maximum atomic E-state index is 4.73. The highest BCUT2D eigenvalue weighted by Crippen LogP contribution is 2.21. The van der Waals surface area contributed by atoms with Gasteiger partial charge in [-0.1, -0.05) is 60.7 Å². The van der Waals surface area contributed by atoms with E-state index in [1.807, 2.05) is 6.07 Å². The maximum absolute atomic E-state index is 4.73. The molecule has 0 aliphatic carbocycles. The standard InChI is InChI=1S/C19H20N2S/c1-15(16-8-4-2-5-9-16)20-13-12-19-21-18(14-22-19)17-10-6-3-7-11-17/h2-11,14-15,20H,12-13H2,1H3. The van der Waals surface area contributed by atoms with E-state index in [9.17, 15) is 0 Å². The Hall–Kier alpha value is -1.97. The maximum Gasteiger partial charge on any atom is 0.0945 e. The molecule has 2 nitrogen and oxygen atoms in total. The van der Waals surface area contributed by atoms with Gasteiger partial charge in [-0.2, -0.15) is 0 Å². The molecule has 2 aromatic carbocycles. The Morgan fingerprint density at radius 3 is 2.41 bits per heavy atom. The molecule has 112 valence electrons. The Kier molecular flexibility index (Phi) is 4.99. The Morgan fingerprint density at radius 1 is 1.00 bits per heavy atom. The van der Waals surface area contributed by atoms with Crippen molar-refractivity contribution in [1.29, 1.82) is 0 Å². The van der Waals surface area contributed by atoms with Crippen molar-refractivity contribution < 1.29 is 0 Å². The van der Waals surface area contributed by atoms with Crippen LogP contribution in [0.4, 0.5) is 0 Å². The average molecular weight is 308 g/mol. The van der Waals surface area contributed by atoms with E-state index >= 15 is 0 Å². The minimum absolute atomic E-state index is 0.370. The highest BCUT2D eigenvalue weighted by atomic mass is 32.1. The molecular formula is C19H20N2S. The van der Waals surface area contributed by atoms with Crippen LogP contribution in [0.3, 0.4) is 0 Å². The number of benzene rings is 2. The molecule has 0 fully saturated rings. The van der Waals surface area contributed by atoms with E-state index in [0.29, 0.717) is 6.04 Å². The second kappa shape index (κ2) is 7.34. The van der Waals surface area contributed by atoms with Crippen molar-refractivity contribution in [3.63, 3.8) is 0 Å². The van der Waals surface area contributed by atoms with Crippen molar-refractivity contribution in [3.05, 3.63) is 76.6 Å². The molecule has 0 radical (unpaired) electrons. The molecule has 3 heteroatoms. The van der Waals surface area contributed by atoms with Gasteiger partial charge in [0, 0.05) is 30.0 Å². The second-order valence-corrected chi connectivity index (χ2v) is 6.27. The molecule has 1 N–H and O–H groups in total. The van der Waals surface area contributed by atoms with Crippen molar-refractivity contribution >= 4 is 11.3 Å². The van der Waals surface area contributed by atoms with Crippen LogP contribution in [0, 0.1) is 0 Å². The van der Waals surface area contributed by atoms with E-state index in [1.54, 1.807) is 11.3 Å². The first-order valence-electron chi connectivity index (χ1n) is 7.61. The number of thiazole rings is 1. The topological polar surface area (TPSA) is 24.9 Å². The molecule has 1 unspecified atom stereocenters. The summed E-state index contributed by atoms with van der Waals surface area (Å²) in [5.74, 6) is 0. The predicted molar refractivity (Wildman–Crippen MR) is 94.1 cm³/mol. The summed E-state index contributed by atoms with van der Waals surface area (Å²) in [5, 5.41) is 6.89. The van der Waals surface area contributed by atoms with Crippen LogP contribution in [-0.2, 0) is 6.42 Å². The summed E-state index contributed by atoms with van der Waals surface area (Å²) in [6.07, 6.45) is 0.967. The molecule has 0 amide bonds. The number of nitrogens with zero attached hydrogens (tertiary/aromatic N) is 1. The fourth-order valence-electron chi connectivity index (χ4n) is 2.42. The fraction of sp³-hybridized carbons (Fsp3) is 0.211. The van der Waals surface area contributed by atoms with Gasteiger partial charge in [0.2, 0.25) is 0 Å². The molecule has 1 atom stereocenters. The van der Waals surface area contributed by atoms with E-state index in [2.05, 4.69) is 72.2 Å². The molecule has 0 bridgehead atoms. The number of hydrogen-bond acceptors (Lipinski definition) is 3. The van der Waals surface area contributed by atoms with E-state index in [-0.39, 0.29) is 0 Å². The van der Waals surface area contributed by atoms with Crippen molar-refractivity contribution in [1.82, 2.24) is 10.3 Å². The first-order chi connectivity index (χ1) is 10.8. The molecular weight excluding hydrogens is 288 g/mol. The van der Waals surface area contributed by atoms with Gasteiger partial charge < -0.3 is 5.32 Å². The van der Waals surface area contributed by atoms with Crippen LogP contribution in [0.15, 0.2) is 66.0 Å². The zero-order valence-corrected chi connectivity index (χ0v) is 13.5. The van der Waals surface area contributed by atoms with Gasteiger partial charge in [0.25, 0.3) is 0 Å². The minimum Gasteiger partial charge on any atom is -0.310 e. The lowest BCUT2D eigenvalue weighted by molar-refractivity contribution is 0.576. The van der Waals surface area contributed by atoms with E-state index in [4.69, 9.17) is 4.98 Å². The van der Waals surface area contributed by atoms with Crippen LogP contribution in [0.1, 0.15) is 23.5 Å². The molecule has 3 aromatic rings. The molecule has 22 heavy (non-hydrogen) atoms. The zero-order chi connectivity index (χ0) is 15.2. The smallest absolute Gasteiger partial charge is 0.0945 e. The fourth-order valence-corrected chi connectivity index (χ4v) is 3.23. The summed E-state index contributed by atoms with van der Waals surface area (Å²) in [7, 11) is 0. The van der Waals surface area contributed by atoms with Crippen LogP contribution >= 0.6 is 11.3 Å². The quantitative estimate of drug-likeness (QED) is 0.714. The number of aromatic nitrogens is 1. The van der Waals surface area contributed by atoms with Gasteiger partial charge in [-0.25, -0.2) is 4.98 Å². The summed E-state index contributed by atoms with van der Waals surface area (Å²) in [6.45, 7) is 3.14. The van der Waals surface area contributed by atoms with Gasteiger partial charge in [-0.05, 0) is 12.5 Å². The van der Waals surface area contributed by atoms with Crippen LogP contribution in [0.5, 0.6) is 0 Å². The molecule has 0 saturated carbocycles. The second-order valence-electron chi connectivity index (χ2n) is 5.33. The van der Waals surface area contributed by atoms with Crippen LogP contribution in [-0.4, -0.2) is 11.5 Å². The predicted octanol–water partition coefficient (Wildman–Crippen LogP) is 4.70. The molecule has 0 saturated heterocycles. The van der Waals surface area contributed by atoms with E-state index < -0.39 is 0 Å². The lowest BCUT2D eigenvalue weighted by Gasteiger charge is -2.13. The molecule has 0 aliphatic rings. The average Bonchev–Trinajstić information content (AvgIpc) is 3.05. The summed E-state index contributed by atoms with van der Waals surface area (Å²) in [5.41, 5.74) is 3.60. The van der Waals surface area contributed by atoms with Gasteiger partial charge in [-0.15, -0.1) is 11.3 Å². The summed E-state index contributed by atoms with van der Waals surface area (Å²) in [4.78, 5) is 4.73. The van der Waals surface area contributed by atoms with Gasteiger partial charge in [0.05, 0.1) is 10.7 Å². The molecule has 3 rings (SSSR count). The largest absolute Gasteiger partial charge is 0.310 e. The zero-order valence-electron chi connectivity index (χ0n) is 12.7. The van der Waals surface area contributed by atoms with E-state index in [1.165, 1.54) is 16.1 Å². The number of rotatable bonds is 6. The summed E-state index contributed by atoms with van der Waals surface area (Å²) < 4.78 is 0. The molecule has 1 aromatic heterocycles. The van der Waals surface area contributed by atoms with Crippen molar-refractivity contribution in [2.24, 2.45) is 0 Å². The Balaban J connectivity index is 1.53. The van der Waals surface area contributed by atoms with Crippen LogP contribution in [0.25, 0.3) is 11.3 Å². The highest BCUT2D eigenvalue weighted by molar-refractivity contribution is 7.09. The third-order valence-corrected chi connectivity index (χ3v) is 4.62. The van der Waals surface area contributed by atoms with Gasteiger partial charge in [0.1, 0.15) is 0 Å². The van der Waals surface area contributed by atoms with Gasteiger partial charge >= 0.3 is 0 Å². The number of hydrogen-bond donors (Lipinski definition) is 1. The molecule has 0 aliphatic heterocycles. The third kappa shape index (κ3) is 3.81. The lowest BCUT2D eigenvalue weighted by Crippen LogP contribution is -2.21. The Bertz CT molecular complexity index is 692. The summed E-state index contributed by atoms with van der Waals surface area (Å²) in [6, 6.07) is 21.3. The third-order valence-electron chi connectivity index (χ3n) is 3.71. The van der Waals surface area contributed by atoms with Crippen LogP contribution in [0.2, 0.25) is 0 Å². The SMILES string of the molecule is CC(NCCc1nc(-c2ccccc2)cs1)c1ccccc1. The molecule has 0 spiro atoms. The highest BCUT2D eigenvalue weighted by Gasteiger charge is 2.06.